The Labute approximate surface area is 74.3 Å². The summed E-state index contributed by atoms with van der Waals surface area (Å²) in [5, 5.41) is 0. The predicted molar refractivity (Wildman–Crippen MR) is 48.9 cm³/mol. The molecule has 0 aromatic rings. The van der Waals surface area contributed by atoms with E-state index in [-0.39, 0.29) is 11.7 Å². The van der Waals surface area contributed by atoms with Crippen molar-refractivity contribution in [2.45, 2.75) is 40.0 Å². The van der Waals surface area contributed by atoms with Crippen LogP contribution in [0.15, 0.2) is 0 Å². The highest BCUT2D eigenvalue weighted by Gasteiger charge is 2.09. The van der Waals surface area contributed by atoms with Crippen molar-refractivity contribution < 1.29 is 9.59 Å². The van der Waals surface area contributed by atoms with Gasteiger partial charge < -0.3 is 4.79 Å². The summed E-state index contributed by atoms with van der Waals surface area (Å²) in [4.78, 5) is 21.3. The summed E-state index contributed by atoms with van der Waals surface area (Å²) in [5.41, 5.74) is 0. The lowest BCUT2D eigenvalue weighted by Crippen LogP contribution is -2.08. The molecule has 0 aliphatic heterocycles. The minimum absolute atomic E-state index is 0.216. The van der Waals surface area contributed by atoms with E-state index in [0.29, 0.717) is 25.2 Å². The molecule has 2 nitrogen and oxygen atoms in total. The monoisotopic (exact) mass is 170 g/mol. The van der Waals surface area contributed by atoms with Gasteiger partial charge >= 0.3 is 0 Å². The summed E-state index contributed by atoms with van der Waals surface area (Å²) in [5.74, 6) is 0.925. The molecule has 0 radical (unpaired) electrons. The van der Waals surface area contributed by atoms with Crippen LogP contribution in [0.2, 0.25) is 0 Å². The van der Waals surface area contributed by atoms with Gasteiger partial charge in [0.2, 0.25) is 0 Å². The number of Topliss-reactive ketones (excluding diaryl/α,β-unsaturated/α-hetero) is 1. The first kappa shape index (κ1) is 11.3. The lowest BCUT2D eigenvalue weighted by Gasteiger charge is -2.07. The molecule has 12 heavy (non-hydrogen) atoms. The van der Waals surface area contributed by atoms with Gasteiger partial charge in [-0.3, -0.25) is 4.79 Å². The molecule has 1 unspecified atom stereocenters. The van der Waals surface area contributed by atoms with Crippen LogP contribution in [0.4, 0.5) is 0 Å². The van der Waals surface area contributed by atoms with E-state index in [1.807, 2.05) is 20.8 Å². The Kier molecular flexibility index (Phi) is 5.60. The zero-order valence-corrected chi connectivity index (χ0v) is 8.17. The molecule has 70 valence electrons. The number of carbonyl (C=O) groups is 2. The standard InChI is InChI=1S/C10H18O2/c1-8(2)6-10(12)7-9(3)4-5-11/h5,8-9H,4,6-7H2,1-3H3. The predicted octanol–water partition coefficient (Wildman–Crippen LogP) is 2.22. The fourth-order valence-corrected chi connectivity index (χ4v) is 1.17. The summed E-state index contributed by atoms with van der Waals surface area (Å²) >= 11 is 0. The van der Waals surface area contributed by atoms with E-state index in [4.69, 9.17) is 0 Å². The third-order valence-electron chi connectivity index (χ3n) is 1.71. The maximum Gasteiger partial charge on any atom is 0.133 e. The number of ketones is 1. The zero-order valence-electron chi connectivity index (χ0n) is 8.17. The maximum atomic E-state index is 11.2. The van der Waals surface area contributed by atoms with Gasteiger partial charge in [0, 0.05) is 19.3 Å². The van der Waals surface area contributed by atoms with Crippen LogP contribution in [0.5, 0.6) is 0 Å². The Morgan fingerprint density at radius 3 is 2.25 bits per heavy atom. The lowest BCUT2D eigenvalue weighted by atomic mass is 9.97. The van der Waals surface area contributed by atoms with Gasteiger partial charge in [0.1, 0.15) is 12.1 Å². The van der Waals surface area contributed by atoms with Gasteiger partial charge in [-0.1, -0.05) is 20.8 Å². The second-order valence-electron chi connectivity index (χ2n) is 3.85. The van der Waals surface area contributed by atoms with E-state index in [1.165, 1.54) is 0 Å². The van der Waals surface area contributed by atoms with E-state index in [2.05, 4.69) is 0 Å². The Morgan fingerprint density at radius 2 is 1.83 bits per heavy atom. The molecule has 0 saturated carbocycles. The van der Waals surface area contributed by atoms with E-state index >= 15 is 0 Å². The van der Waals surface area contributed by atoms with Crippen LogP contribution in [-0.2, 0) is 9.59 Å². The van der Waals surface area contributed by atoms with Crippen LogP contribution in [-0.4, -0.2) is 12.1 Å². The Bertz CT molecular complexity index is 150. The minimum atomic E-state index is 0.216. The molecule has 0 rings (SSSR count). The van der Waals surface area contributed by atoms with Gasteiger partial charge in [0.25, 0.3) is 0 Å². The summed E-state index contributed by atoms with van der Waals surface area (Å²) in [6.45, 7) is 6.00. The average molecular weight is 170 g/mol. The van der Waals surface area contributed by atoms with Crippen molar-refractivity contribution in [2.75, 3.05) is 0 Å². The molecule has 0 saturated heterocycles. The van der Waals surface area contributed by atoms with Crippen molar-refractivity contribution in [2.24, 2.45) is 11.8 Å². The number of hydrogen-bond acceptors (Lipinski definition) is 2. The highest BCUT2D eigenvalue weighted by molar-refractivity contribution is 5.79. The minimum Gasteiger partial charge on any atom is -0.303 e. The Morgan fingerprint density at radius 1 is 1.25 bits per heavy atom. The Hall–Kier alpha value is -0.660. The summed E-state index contributed by atoms with van der Waals surface area (Å²) in [7, 11) is 0. The molecule has 0 aromatic carbocycles. The normalized spacial score (nSPS) is 13.0. The van der Waals surface area contributed by atoms with E-state index in [0.717, 1.165) is 6.29 Å². The van der Waals surface area contributed by atoms with Crippen molar-refractivity contribution >= 4 is 12.1 Å². The molecule has 0 aliphatic rings. The highest BCUT2D eigenvalue weighted by Crippen LogP contribution is 2.10. The van der Waals surface area contributed by atoms with Gasteiger partial charge in [-0.2, -0.15) is 0 Å². The van der Waals surface area contributed by atoms with E-state index in [9.17, 15) is 9.59 Å². The fourth-order valence-electron chi connectivity index (χ4n) is 1.17. The van der Waals surface area contributed by atoms with E-state index in [1.54, 1.807) is 0 Å². The van der Waals surface area contributed by atoms with E-state index < -0.39 is 0 Å². The van der Waals surface area contributed by atoms with Crippen LogP contribution < -0.4 is 0 Å². The van der Waals surface area contributed by atoms with Crippen LogP contribution >= 0.6 is 0 Å². The molecular formula is C10H18O2. The SMILES string of the molecule is CC(C)CC(=O)CC(C)CC=O. The number of carbonyl (C=O) groups excluding carboxylic acids is 2. The quantitative estimate of drug-likeness (QED) is 0.573. The summed E-state index contributed by atoms with van der Waals surface area (Å²) in [6, 6.07) is 0. The van der Waals surface area contributed by atoms with Crippen molar-refractivity contribution in [1.82, 2.24) is 0 Å². The van der Waals surface area contributed by atoms with Crippen molar-refractivity contribution in [1.29, 1.82) is 0 Å². The third kappa shape index (κ3) is 6.08. The van der Waals surface area contributed by atoms with Crippen LogP contribution in [0, 0.1) is 11.8 Å². The molecule has 0 spiro atoms. The molecule has 0 fully saturated rings. The second-order valence-corrected chi connectivity index (χ2v) is 3.85. The first-order chi connectivity index (χ1) is 5.56. The second kappa shape index (κ2) is 5.92. The largest absolute Gasteiger partial charge is 0.303 e. The Balaban J connectivity index is 3.61. The van der Waals surface area contributed by atoms with Gasteiger partial charge in [0.15, 0.2) is 0 Å². The van der Waals surface area contributed by atoms with Crippen LogP contribution in [0.3, 0.4) is 0 Å². The molecule has 0 aromatic heterocycles. The summed E-state index contributed by atoms with van der Waals surface area (Å²) in [6.07, 6.45) is 2.58. The molecule has 0 aliphatic carbocycles. The van der Waals surface area contributed by atoms with Crippen molar-refractivity contribution in [3.63, 3.8) is 0 Å². The zero-order chi connectivity index (χ0) is 9.56. The number of aldehydes is 1. The molecular weight excluding hydrogens is 152 g/mol. The van der Waals surface area contributed by atoms with Crippen LogP contribution in [0.25, 0.3) is 0 Å². The molecule has 0 N–H and O–H groups in total. The lowest BCUT2D eigenvalue weighted by molar-refractivity contribution is -0.120. The number of hydrogen-bond donors (Lipinski definition) is 0. The van der Waals surface area contributed by atoms with Gasteiger partial charge in [-0.05, 0) is 11.8 Å². The molecule has 2 heteroatoms. The topological polar surface area (TPSA) is 34.1 Å². The van der Waals surface area contributed by atoms with Crippen LogP contribution in [0.1, 0.15) is 40.0 Å². The average Bonchev–Trinajstić information content (AvgIpc) is 1.84. The van der Waals surface area contributed by atoms with Gasteiger partial charge in [-0.15, -0.1) is 0 Å². The molecule has 0 heterocycles. The van der Waals surface area contributed by atoms with Crippen molar-refractivity contribution in [3.8, 4) is 0 Å². The van der Waals surface area contributed by atoms with Gasteiger partial charge in [-0.25, -0.2) is 0 Å². The maximum absolute atomic E-state index is 11.2. The smallest absolute Gasteiger partial charge is 0.133 e. The highest BCUT2D eigenvalue weighted by atomic mass is 16.1. The number of rotatable bonds is 6. The summed E-state index contributed by atoms with van der Waals surface area (Å²) < 4.78 is 0. The fraction of sp³-hybridized carbons (Fsp3) is 0.800. The molecule has 0 amide bonds. The molecule has 0 bridgehead atoms. The molecule has 1 atom stereocenters. The van der Waals surface area contributed by atoms with Crippen molar-refractivity contribution in [3.05, 3.63) is 0 Å². The first-order valence-electron chi connectivity index (χ1n) is 4.51. The first-order valence-corrected chi connectivity index (χ1v) is 4.51. The van der Waals surface area contributed by atoms with Gasteiger partial charge in [0.05, 0.1) is 0 Å². The third-order valence-corrected chi connectivity index (χ3v) is 1.71.